The lowest BCUT2D eigenvalue weighted by Gasteiger charge is -2.13. The molecule has 5 nitrogen and oxygen atoms in total. The Hall–Kier alpha value is -1.11. The van der Waals surface area contributed by atoms with E-state index in [9.17, 15) is 13.2 Å². The Morgan fingerprint density at radius 2 is 2.00 bits per heavy atom. The van der Waals surface area contributed by atoms with E-state index in [2.05, 4.69) is 5.32 Å². The van der Waals surface area contributed by atoms with Crippen molar-refractivity contribution < 1.29 is 13.2 Å². The molecule has 0 saturated carbocycles. The Balaban J connectivity index is 1.74. The number of sulfonamides is 1. The van der Waals surface area contributed by atoms with Crippen LogP contribution in [0.4, 0.5) is 0 Å². The average Bonchev–Trinajstić information content (AvgIpc) is 2.71. The molecule has 0 unspecified atom stereocenters. The maximum atomic E-state index is 11.7. The van der Waals surface area contributed by atoms with Crippen LogP contribution in [0.15, 0.2) is 24.3 Å². The maximum Gasteiger partial charge on any atom is 0.235 e. The number of nitrogens with one attached hydrogen (secondary N) is 1. The van der Waals surface area contributed by atoms with Crippen molar-refractivity contribution in [3.05, 3.63) is 34.9 Å². The fourth-order valence-electron chi connectivity index (χ4n) is 2.08. The van der Waals surface area contributed by atoms with Crippen LogP contribution in [-0.2, 0) is 21.2 Å². The number of carbonyl (C=O) groups excluding carboxylic acids is 1. The van der Waals surface area contributed by atoms with E-state index in [0.29, 0.717) is 31.0 Å². The summed E-state index contributed by atoms with van der Waals surface area (Å²) in [6, 6.07) is 7.41. The average molecular weight is 317 g/mol. The number of hydrogen-bond acceptors (Lipinski definition) is 3. The molecule has 1 aromatic rings. The predicted molar refractivity (Wildman–Crippen MR) is 78.1 cm³/mol. The fourth-order valence-corrected chi connectivity index (χ4v) is 3.68. The van der Waals surface area contributed by atoms with Crippen molar-refractivity contribution in [2.45, 2.75) is 12.8 Å². The van der Waals surface area contributed by atoms with Crippen molar-refractivity contribution in [2.24, 2.45) is 0 Å². The van der Waals surface area contributed by atoms with Gasteiger partial charge in [0.05, 0.1) is 12.3 Å². The third kappa shape index (κ3) is 4.19. The molecule has 0 spiro atoms. The Morgan fingerprint density at radius 1 is 1.30 bits per heavy atom. The number of carbonyl (C=O) groups is 1. The summed E-state index contributed by atoms with van der Waals surface area (Å²) in [6.45, 7) is 0.838. The lowest BCUT2D eigenvalue weighted by atomic mass is 10.1. The highest BCUT2D eigenvalue weighted by atomic mass is 35.5. The number of amides is 1. The van der Waals surface area contributed by atoms with Gasteiger partial charge in [-0.2, -0.15) is 4.31 Å². The van der Waals surface area contributed by atoms with E-state index < -0.39 is 10.0 Å². The van der Waals surface area contributed by atoms with Gasteiger partial charge in [-0.3, -0.25) is 4.79 Å². The smallest absolute Gasteiger partial charge is 0.235 e. The first-order valence-electron chi connectivity index (χ1n) is 6.46. The molecule has 1 saturated heterocycles. The van der Waals surface area contributed by atoms with Crippen LogP contribution < -0.4 is 5.32 Å². The van der Waals surface area contributed by atoms with E-state index in [0.717, 1.165) is 5.56 Å². The summed E-state index contributed by atoms with van der Waals surface area (Å²) in [5.41, 5.74) is 1.07. The molecular weight excluding hydrogens is 300 g/mol. The summed E-state index contributed by atoms with van der Waals surface area (Å²) in [7, 11) is -3.21. The van der Waals surface area contributed by atoms with Gasteiger partial charge in [0.25, 0.3) is 0 Å². The number of benzene rings is 1. The largest absolute Gasteiger partial charge is 0.355 e. The number of rotatable bonds is 5. The molecule has 1 N–H and O–H groups in total. The summed E-state index contributed by atoms with van der Waals surface area (Å²) in [4.78, 5) is 11.7. The van der Waals surface area contributed by atoms with Gasteiger partial charge >= 0.3 is 0 Å². The van der Waals surface area contributed by atoms with Crippen LogP contribution in [0.5, 0.6) is 0 Å². The number of nitrogens with zero attached hydrogens (tertiary/aromatic N) is 1. The molecule has 0 radical (unpaired) electrons. The van der Waals surface area contributed by atoms with Gasteiger partial charge in [0.1, 0.15) is 0 Å². The molecule has 1 aliphatic heterocycles. The Morgan fingerprint density at radius 3 is 2.60 bits per heavy atom. The van der Waals surface area contributed by atoms with Crippen molar-refractivity contribution in [2.75, 3.05) is 25.4 Å². The normalized spacial score (nSPS) is 18.1. The van der Waals surface area contributed by atoms with Crippen LogP contribution >= 0.6 is 11.6 Å². The van der Waals surface area contributed by atoms with Crippen molar-refractivity contribution in [3.8, 4) is 0 Å². The molecular formula is C13H17ClN2O3S. The summed E-state index contributed by atoms with van der Waals surface area (Å²) >= 11 is 5.79. The minimum atomic E-state index is -3.21. The van der Waals surface area contributed by atoms with Gasteiger partial charge in [-0.05, 0) is 30.5 Å². The van der Waals surface area contributed by atoms with Gasteiger partial charge in [-0.25, -0.2) is 8.42 Å². The first-order chi connectivity index (χ1) is 9.47. The molecule has 1 aromatic carbocycles. The molecule has 1 aliphatic rings. The second kappa shape index (κ2) is 6.56. The van der Waals surface area contributed by atoms with Gasteiger partial charge < -0.3 is 5.32 Å². The van der Waals surface area contributed by atoms with Gasteiger partial charge in [-0.15, -0.1) is 0 Å². The van der Waals surface area contributed by atoms with E-state index in [4.69, 9.17) is 11.6 Å². The summed E-state index contributed by atoms with van der Waals surface area (Å²) in [5, 5.41) is 3.41. The fraction of sp³-hybridized carbons (Fsp3) is 0.462. The summed E-state index contributed by atoms with van der Waals surface area (Å²) in [6.07, 6.45) is 1.29. The molecule has 2 rings (SSSR count). The molecule has 0 aliphatic carbocycles. The quantitative estimate of drug-likeness (QED) is 0.882. The van der Waals surface area contributed by atoms with Crippen molar-refractivity contribution in [3.63, 3.8) is 0 Å². The third-order valence-corrected chi connectivity index (χ3v) is 5.33. The summed E-state index contributed by atoms with van der Waals surface area (Å²) < 4.78 is 24.4. The molecule has 1 heterocycles. The van der Waals surface area contributed by atoms with Gasteiger partial charge in [-0.1, -0.05) is 23.7 Å². The zero-order valence-corrected chi connectivity index (χ0v) is 12.6. The molecule has 1 amide bonds. The third-order valence-electron chi connectivity index (χ3n) is 3.17. The zero-order chi connectivity index (χ0) is 14.6. The van der Waals surface area contributed by atoms with Crippen molar-refractivity contribution in [1.29, 1.82) is 0 Å². The van der Waals surface area contributed by atoms with Crippen LogP contribution in [0.25, 0.3) is 0 Å². The van der Waals surface area contributed by atoms with E-state index in [-0.39, 0.29) is 18.2 Å². The lowest BCUT2D eigenvalue weighted by Crippen LogP contribution is -2.38. The Labute approximate surface area is 124 Å². The maximum absolute atomic E-state index is 11.7. The predicted octanol–water partition coefficient (Wildman–Crippen LogP) is 1.03. The Bertz CT molecular complexity index is 572. The lowest BCUT2D eigenvalue weighted by molar-refractivity contribution is -0.121. The summed E-state index contributed by atoms with van der Waals surface area (Å²) in [5.74, 6) is -0.116. The number of hydrogen-bond donors (Lipinski definition) is 1. The van der Waals surface area contributed by atoms with Gasteiger partial charge in [0, 0.05) is 18.1 Å². The second-order valence-electron chi connectivity index (χ2n) is 4.73. The second-order valence-corrected chi connectivity index (χ2v) is 7.25. The van der Waals surface area contributed by atoms with E-state index in [1.807, 2.05) is 12.1 Å². The SMILES string of the molecule is O=C(CN1CCCS1(=O)=O)NCCc1ccc(Cl)cc1. The first kappa shape index (κ1) is 15.3. The molecule has 1 fully saturated rings. The molecule has 110 valence electrons. The van der Waals surface area contributed by atoms with E-state index in [1.54, 1.807) is 12.1 Å². The van der Waals surface area contributed by atoms with Gasteiger partial charge in [0.15, 0.2) is 0 Å². The van der Waals surface area contributed by atoms with Gasteiger partial charge in [0.2, 0.25) is 15.9 Å². The zero-order valence-electron chi connectivity index (χ0n) is 11.0. The van der Waals surface area contributed by atoms with E-state index in [1.165, 1.54) is 4.31 Å². The molecule has 20 heavy (non-hydrogen) atoms. The first-order valence-corrected chi connectivity index (χ1v) is 8.45. The van der Waals surface area contributed by atoms with Crippen molar-refractivity contribution in [1.82, 2.24) is 9.62 Å². The molecule has 0 atom stereocenters. The van der Waals surface area contributed by atoms with Crippen LogP contribution in [0.2, 0.25) is 5.02 Å². The van der Waals surface area contributed by atoms with Crippen LogP contribution in [0.3, 0.4) is 0 Å². The van der Waals surface area contributed by atoms with Crippen molar-refractivity contribution >= 4 is 27.5 Å². The molecule has 7 heteroatoms. The van der Waals surface area contributed by atoms with E-state index >= 15 is 0 Å². The standard InChI is InChI=1S/C13H17ClN2O3S/c14-12-4-2-11(3-5-12)6-7-15-13(17)10-16-8-1-9-20(16,18)19/h2-5H,1,6-10H2,(H,15,17). The highest BCUT2D eigenvalue weighted by Crippen LogP contribution is 2.12. The minimum Gasteiger partial charge on any atom is -0.355 e. The Kier molecular flexibility index (Phi) is 5.01. The molecule has 0 bridgehead atoms. The monoisotopic (exact) mass is 316 g/mol. The molecule has 0 aromatic heterocycles. The highest BCUT2D eigenvalue weighted by molar-refractivity contribution is 7.89. The van der Waals surface area contributed by atoms with Crippen LogP contribution in [-0.4, -0.2) is 44.0 Å². The topological polar surface area (TPSA) is 66.5 Å². The van der Waals surface area contributed by atoms with Crippen LogP contribution in [0.1, 0.15) is 12.0 Å². The van der Waals surface area contributed by atoms with Crippen LogP contribution in [0, 0.1) is 0 Å². The number of halogens is 1. The highest BCUT2D eigenvalue weighted by Gasteiger charge is 2.29. The minimum absolute atomic E-state index is 0.0804.